The van der Waals surface area contributed by atoms with Crippen LogP contribution < -0.4 is 19.6 Å². The lowest BCUT2D eigenvalue weighted by molar-refractivity contribution is 0.0818. The summed E-state index contributed by atoms with van der Waals surface area (Å²) in [7, 11) is 8.45. The first-order valence-electron chi connectivity index (χ1n) is 14.7. The van der Waals surface area contributed by atoms with Crippen LogP contribution in [0, 0.1) is 0 Å². The molecule has 2 aliphatic heterocycles. The first-order valence-corrected chi connectivity index (χ1v) is 14.7. The number of methoxy groups -OCH3 is 5. The second kappa shape index (κ2) is 16.3. The van der Waals surface area contributed by atoms with Crippen LogP contribution in [0.5, 0.6) is 0 Å². The fraction of sp³-hybridized carbons (Fsp3) is 0.786. The minimum Gasteiger partial charge on any atom is -0.383 e. The molecule has 4 rings (SSSR count). The average molecular weight is 595 g/mol. The van der Waals surface area contributed by atoms with Crippen molar-refractivity contribution in [3.63, 3.8) is 0 Å². The number of fused-ring (bicyclic) bond motifs is 1. The van der Waals surface area contributed by atoms with Crippen molar-refractivity contribution in [2.75, 3.05) is 134 Å². The highest BCUT2D eigenvalue weighted by atomic mass is 19.1. The zero-order valence-electron chi connectivity index (χ0n) is 25.8. The van der Waals surface area contributed by atoms with E-state index in [1.54, 1.807) is 35.5 Å². The van der Waals surface area contributed by atoms with Gasteiger partial charge in [-0.1, -0.05) is 0 Å². The highest BCUT2D eigenvalue weighted by Gasteiger charge is 2.31. The van der Waals surface area contributed by atoms with E-state index in [0.29, 0.717) is 94.3 Å². The Hall–Kier alpha value is -2.65. The van der Waals surface area contributed by atoms with E-state index in [1.165, 1.54) is 0 Å². The molecule has 2 aliphatic rings. The molecule has 2 aromatic rings. The van der Waals surface area contributed by atoms with E-state index < -0.39 is 6.17 Å². The standard InChI is InChI=1S/C28H47FN8O5/c1-38-16-12-35(13-17-39-2)27-31-24-23(25(32-27)34-10-7-22(42-5)8-11-34)30-28(36(14-18-40-3)15-19-41-4)33-26(24)37-9-6-21(29)20-37/h21-22H,6-20H2,1-5H3/t21-/m1/s1. The number of ether oxygens (including phenoxy) is 5. The van der Waals surface area contributed by atoms with Crippen molar-refractivity contribution >= 4 is 34.6 Å². The summed E-state index contributed by atoms with van der Waals surface area (Å²) < 4.78 is 41.8. The predicted octanol–water partition coefficient (Wildman–Crippen LogP) is 1.78. The van der Waals surface area contributed by atoms with Crippen LogP contribution in [-0.2, 0) is 23.7 Å². The molecule has 0 spiro atoms. The van der Waals surface area contributed by atoms with Gasteiger partial charge in [-0.15, -0.1) is 0 Å². The molecule has 0 radical (unpaired) electrons. The lowest BCUT2D eigenvalue weighted by atomic mass is 10.1. The number of alkyl halides is 1. The van der Waals surface area contributed by atoms with Gasteiger partial charge in [-0.2, -0.15) is 9.97 Å². The molecule has 0 aliphatic carbocycles. The third kappa shape index (κ3) is 8.04. The van der Waals surface area contributed by atoms with E-state index in [4.69, 9.17) is 43.6 Å². The molecule has 14 heteroatoms. The average Bonchev–Trinajstić information content (AvgIpc) is 3.46. The molecule has 0 bridgehead atoms. The number of nitrogens with zero attached hydrogens (tertiary/aromatic N) is 8. The van der Waals surface area contributed by atoms with Crippen LogP contribution in [0.1, 0.15) is 19.3 Å². The summed E-state index contributed by atoms with van der Waals surface area (Å²) >= 11 is 0. The van der Waals surface area contributed by atoms with Crippen molar-refractivity contribution in [2.24, 2.45) is 0 Å². The summed E-state index contributed by atoms with van der Waals surface area (Å²) in [5, 5.41) is 0. The molecule has 0 amide bonds. The van der Waals surface area contributed by atoms with Crippen molar-refractivity contribution in [2.45, 2.75) is 31.5 Å². The summed E-state index contributed by atoms with van der Waals surface area (Å²) in [6.07, 6.45) is 1.48. The number of piperidine rings is 1. The predicted molar refractivity (Wildman–Crippen MR) is 161 cm³/mol. The Morgan fingerprint density at radius 3 is 1.45 bits per heavy atom. The molecule has 4 heterocycles. The molecule has 42 heavy (non-hydrogen) atoms. The fourth-order valence-corrected chi connectivity index (χ4v) is 5.33. The second-order valence-electron chi connectivity index (χ2n) is 10.6. The summed E-state index contributed by atoms with van der Waals surface area (Å²) in [5.74, 6) is 2.42. The van der Waals surface area contributed by atoms with Crippen molar-refractivity contribution in [3.8, 4) is 0 Å². The van der Waals surface area contributed by atoms with Crippen molar-refractivity contribution < 1.29 is 28.1 Å². The van der Waals surface area contributed by atoms with E-state index in [1.807, 2.05) is 9.80 Å². The van der Waals surface area contributed by atoms with Crippen LogP contribution in [0.2, 0.25) is 0 Å². The van der Waals surface area contributed by atoms with Gasteiger partial charge in [-0.25, -0.2) is 14.4 Å². The first kappa shape index (κ1) is 32.3. The second-order valence-corrected chi connectivity index (χ2v) is 10.6. The summed E-state index contributed by atoms with van der Waals surface area (Å²) in [4.78, 5) is 28.6. The Morgan fingerprint density at radius 2 is 1.07 bits per heavy atom. The van der Waals surface area contributed by atoms with Gasteiger partial charge in [0.15, 0.2) is 11.6 Å². The number of rotatable bonds is 17. The molecule has 0 aromatic carbocycles. The number of aromatic nitrogens is 4. The molecule has 0 N–H and O–H groups in total. The Morgan fingerprint density at radius 1 is 0.643 bits per heavy atom. The van der Waals surface area contributed by atoms with Crippen LogP contribution >= 0.6 is 0 Å². The third-order valence-electron chi connectivity index (χ3n) is 7.82. The topological polar surface area (TPSA) is 111 Å². The normalized spacial score (nSPS) is 17.9. The van der Waals surface area contributed by atoms with Crippen LogP contribution in [0.25, 0.3) is 11.0 Å². The maximum Gasteiger partial charge on any atom is 0.228 e. The minimum absolute atomic E-state index is 0.208. The smallest absolute Gasteiger partial charge is 0.228 e. The fourth-order valence-electron chi connectivity index (χ4n) is 5.33. The van der Waals surface area contributed by atoms with Crippen LogP contribution in [0.4, 0.5) is 27.9 Å². The summed E-state index contributed by atoms with van der Waals surface area (Å²) in [6, 6.07) is 0. The van der Waals surface area contributed by atoms with E-state index in [2.05, 4.69) is 9.80 Å². The van der Waals surface area contributed by atoms with Gasteiger partial charge < -0.3 is 43.3 Å². The molecule has 0 unspecified atom stereocenters. The third-order valence-corrected chi connectivity index (χ3v) is 7.82. The zero-order chi connectivity index (χ0) is 29.9. The Bertz CT molecular complexity index is 1090. The largest absolute Gasteiger partial charge is 0.383 e. The Balaban J connectivity index is 1.90. The lowest BCUT2D eigenvalue weighted by Crippen LogP contribution is -2.38. The van der Waals surface area contributed by atoms with Crippen LogP contribution in [0.15, 0.2) is 0 Å². The van der Waals surface area contributed by atoms with Crippen LogP contribution in [0.3, 0.4) is 0 Å². The number of halogens is 1. The van der Waals surface area contributed by atoms with Gasteiger partial charge in [-0.05, 0) is 19.3 Å². The van der Waals surface area contributed by atoms with Crippen molar-refractivity contribution in [3.05, 3.63) is 0 Å². The number of hydrogen-bond acceptors (Lipinski definition) is 13. The molecule has 0 saturated carbocycles. The van der Waals surface area contributed by atoms with E-state index >= 15 is 0 Å². The van der Waals surface area contributed by atoms with E-state index in [9.17, 15) is 4.39 Å². The summed E-state index contributed by atoms with van der Waals surface area (Å²) in [5.41, 5.74) is 1.26. The van der Waals surface area contributed by atoms with Gasteiger partial charge in [0.25, 0.3) is 0 Å². The van der Waals surface area contributed by atoms with Crippen LogP contribution in [-0.4, -0.2) is 147 Å². The monoisotopic (exact) mass is 594 g/mol. The lowest BCUT2D eigenvalue weighted by Gasteiger charge is -2.34. The van der Waals surface area contributed by atoms with E-state index in [-0.39, 0.29) is 12.6 Å². The maximum atomic E-state index is 14.6. The van der Waals surface area contributed by atoms with Gasteiger partial charge in [0.05, 0.1) is 39.1 Å². The maximum absolute atomic E-state index is 14.6. The first-order chi connectivity index (χ1) is 20.5. The van der Waals surface area contributed by atoms with Gasteiger partial charge >= 0.3 is 0 Å². The molecule has 2 saturated heterocycles. The SMILES string of the molecule is COCCN(CCOC)c1nc(N2CC[C@@H](F)C2)c2nc(N(CCOC)CCOC)nc(N3CCC(OC)CC3)c2n1. The molecular formula is C28H47FN8O5. The van der Waals surface area contributed by atoms with Gasteiger partial charge in [0.1, 0.15) is 17.2 Å². The molecule has 236 valence electrons. The Kier molecular flexibility index (Phi) is 12.5. The Labute approximate surface area is 248 Å². The highest BCUT2D eigenvalue weighted by molar-refractivity contribution is 5.95. The van der Waals surface area contributed by atoms with Crippen molar-refractivity contribution in [1.82, 2.24) is 19.9 Å². The molecular weight excluding hydrogens is 547 g/mol. The summed E-state index contributed by atoms with van der Waals surface area (Å²) in [6.45, 7) is 6.67. The number of hydrogen-bond donors (Lipinski definition) is 0. The van der Waals surface area contributed by atoms with Gasteiger partial charge in [-0.3, -0.25) is 0 Å². The van der Waals surface area contributed by atoms with Gasteiger partial charge in [0, 0.05) is 81.4 Å². The highest BCUT2D eigenvalue weighted by Crippen LogP contribution is 2.35. The minimum atomic E-state index is -0.926. The number of anilines is 4. The van der Waals surface area contributed by atoms with Crippen molar-refractivity contribution in [1.29, 1.82) is 0 Å². The zero-order valence-corrected chi connectivity index (χ0v) is 25.8. The molecule has 2 fully saturated rings. The van der Waals surface area contributed by atoms with E-state index in [0.717, 1.165) is 31.7 Å². The molecule has 1 atom stereocenters. The molecule has 13 nitrogen and oxygen atoms in total. The quantitative estimate of drug-likeness (QED) is 0.266. The van der Waals surface area contributed by atoms with Gasteiger partial charge in [0.2, 0.25) is 11.9 Å². The molecule has 2 aromatic heterocycles.